The van der Waals surface area contributed by atoms with Gasteiger partial charge in [-0.05, 0) is 83.0 Å². The van der Waals surface area contributed by atoms with Crippen LogP contribution in [0.15, 0.2) is 45.8 Å². The van der Waals surface area contributed by atoms with Gasteiger partial charge < -0.3 is 14.2 Å². The Morgan fingerprint density at radius 1 is 1.23 bits per heavy atom. The molecule has 1 aliphatic rings. The normalized spacial score (nSPS) is 14.5. The Morgan fingerprint density at radius 2 is 1.91 bits per heavy atom. The summed E-state index contributed by atoms with van der Waals surface area (Å²) in [6.45, 7) is 3.03. The molecule has 1 aliphatic heterocycles. The predicted octanol–water partition coefficient (Wildman–Crippen LogP) is 4.93. The summed E-state index contributed by atoms with van der Waals surface area (Å²) >= 11 is 4.16. The molecule has 0 unspecified atom stereocenters. The summed E-state index contributed by atoms with van der Waals surface area (Å²) in [5, 5.41) is 10.2. The zero-order valence-corrected chi connectivity index (χ0v) is 21.4. The molecule has 3 rings (SSSR count). The van der Waals surface area contributed by atoms with Crippen molar-refractivity contribution < 1.29 is 33.5 Å². The van der Waals surface area contributed by atoms with E-state index in [1.807, 2.05) is 0 Å². The van der Waals surface area contributed by atoms with E-state index >= 15 is 0 Å². The van der Waals surface area contributed by atoms with Crippen LogP contribution in [0.3, 0.4) is 0 Å². The smallest absolute Gasteiger partial charge is 0.326 e. The molecule has 0 aromatic heterocycles. The second-order valence-corrected chi connectivity index (χ2v) is 9.40. The van der Waals surface area contributed by atoms with Gasteiger partial charge in [-0.15, -0.1) is 0 Å². The number of carbonyl (C=O) groups is 3. The number of nitrogens with zero attached hydrogens (tertiary/aromatic N) is 2. The lowest BCUT2D eigenvalue weighted by molar-refractivity contribution is -0.384. The van der Waals surface area contributed by atoms with Gasteiger partial charge in [0.25, 0.3) is 16.8 Å². The van der Waals surface area contributed by atoms with Gasteiger partial charge in [-0.2, -0.15) is 0 Å². The molecule has 0 saturated carbocycles. The molecule has 1 heterocycles. The number of methoxy groups -OCH3 is 1. The highest BCUT2D eigenvalue weighted by Gasteiger charge is 2.36. The Kier molecular flexibility index (Phi) is 8.52. The average Bonchev–Trinajstić information content (AvgIpc) is 3.05. The Balaban J connectivity index is 1.76. The van der Waals surface area contributed by atoms with Crippen molar-refractivity contribution in [3.05, 3.63) is 67.0 Å². The lowest BCUT2D eigenvalue weighted by Gasteiger charge is -2.14. The molecular formula is C23H21BrN2O8S. The van der Waals surface area contributed by atoms with Crippen molar-refractivity contribution in [2.45, 2.75) is 26.6 Å². The van der Waals surface area contributed by atoms with Gasteiger partial charge in [-0.3, -0.25) is 29.4 Å². The van der Waals surface area contributed by atoms with E-state index in [1.54, 1.807) is 38.1 Å². The van der Waals surface area contributed by atoms with E-state index in [-0.39, 0.29) is 23.3 Å². The van der Waals surface area contributed by atoms with E-state index in [0.29, 0.717) is 21.5 Å². The highest BCUT2D eigenvalue weighted by molar-refractivity contribution is 9.10. The summed E-state index contributed by atoms with van der Waals surface area (Å²) in [5.41, 5.74) is 1.27. The first-order valence-electron chi connectivity index (χ1n) is 10.3. The Hall–Kier alpha value is -3.38. The Bertz CT molecular complexity index is 1200. The van der Waals surface area contributed by atoms with Crippen molar-refractivity contribution in [1.82, 2.24) is 4.90 Å². The molecule has 35 heavy (non-hydrogen) atoms. The first kappa shape index (κ1) is 26.2. The van der Waals surface area contributed by atoms with E-state index in [1.165, 1.54) is 25.3 Å². The molecule has 2 aromatic rings. The number of amides is 2. The van der Waals surface area contributed by atoms with Gasteiger partial charge in [-0.25, -0.2) is 0 Å². The first-order chi connectivity index (χ1) is 16.6. The summed E-state index contributed by atoms with van der Waals surface area (Å²) < 4.78 is 16.8. The van der Waals surface area contributed by atoms with Crippen LogP contribution in [-0.4, -0.2) is 46.7 Å². The van der Waals surface area contributed by atoms with E-state index in [4.69, 9.17) is 14.2 Å². The maximum absolute atomic E-state index is 12.7. The number of hydrogen-bond acceptors (Lipinski definition) is 9. The molecular weight excluding hydrogens is 544 g/mol. The van der Waals surface area contributed by atoms with Crippen LogP contribution in [0.25, 0.3) is 6.08 Å². The lowest BCUT2D eigenvalue weighted by atomic mass is 10.1. The molecule has 0 spiro atoms. The van der Waals surface area contributed by atoms with Gasteiger partial charge in [-0.1, -0.05) is 0 Å². The zero-order valence-electron chi connectivity index (χ0n) is 19.0. The second-order valence-electron chi connectivity index (χ2n) is 7.55. The number of esters is 1. The van der Waals surface area contributed by atoms with Gasteiger partial charge in [0, 0.05) is 12.1 Å². The Morgan fingerprint density at radius 3 is 2.51 bits per heavy atom. The van der Waals surface area contributed by atoms with Crippen LogP contribution in [0.4, 0.5) is 10.5 Å². The van der Waals surface area contributed by atoms with Gasteiger partial charge in [0.15, 0.2) is 11.5 Å². The first-order valence-corrected chi connectivity index (χ1v) is 11.9. The molecule has 0 bridgehead atoms. The summed E-state index contributed by atoms with van der Waals surface area (Å²) in [5.74, 6) is -0.489. The van der Waals surface area contributed by atoms with Crippen molar-refractivity contribution in [3.63, 3.8) is 0 Å². The molecule has 2 aromatic carbocycles. The fraction of sp³-hybridized carbons (Fsp3) is 0.261. The molecule has 10 nitrogen and oxygen atoms in total. The number of thioether (sulfide) groups is 1. The van der Waals surface area contributed by atoms with Crippen LogP contribution < -0.4 is 9.47 Å². The number of halogens is 1. The number of ether oxygens (including phenoxy) is 3. The van der Waals surface area contributed by atoms with Crippen molar-refractivity contribution in [3.8, 4) is 11.5 Å². The number of benzene rings is 2. The molecule has 1 fully saturated rings. The maximum atomic E-state index is 12.7. The molecule has 0 aliphatic carbocycles. The second kappa shape index (κ2) is 11.4. The van der Waals surface area contributed by atoms with Crippen LogP contribution in [-0.2, 0) is 20.9 Å². The number of hydrogen-bond donors (Lipinski definition) is 0. The molecule has 12 heteroatoms. The average molecular weight is 565 g/mol. The largest absolute Gasteiger partial charge is 0.493 e. The summed E-state index contributed by atoms with van der Waals surface area (Å²) in [7, 11) is 1.46. The Labute approximate surface area is 213 Å². The molecule has 184 valence electrons. The van der Waals surface area contributed by atoms with E-state index in [0.717, 1.165) is 22.2 Å². The number of nitro benzene ring substituents is 1. The van der Waals surface area contributed by atoms with Gasteiger partial charge >= 0.3 is 5.97 Å². The summed E-state index contributed by atoms with van der Waals surface area (Å²) in [4.78, 5) is 48.1. The zero-order chi connectivity index (χ0) is 25.7. The maximum Gasteiger partial charge on any atom is 0.326 e. The lowest BCUT2D eigenvalue weighted by Crippen LogP contribution is -2.35. The number of carbonyl (C=O) groups excluding carboxylic acids is 3. The number of rotatable bonds is 9. The van der Waals surface area contributed by atoms with Crippen LogP contribution in [0.5, 0.6) is 11.5 Å². The van der Waals surface area contributed by atoms with E-state index < -0.39 is 28.6 Å². The topological polar surface area (TPSA) is 125 Å². The third-order valence-electron chi connectivity index (χ3n) is 4.61. The number of imide groups is 1. The minimum absolute atomic E-state index is 0.0157. The van der Waals surface area contributed by atoms with Gasteiger partial charge in [0.1, 0.15) is 13.2 Å². The van der Waals surface area contributed by atoms with Crippen molar-refractivity contribution in [2.24, 2.45) is 0 Å². The highest BCUT2D eigenvalue weighted by atomic mass is 79.9. The fourth-order valence-electron chi connectivity index (χ4n) is 3.05. The SMILES string of the molecule is COc1cc(/C=C2/SC(=O)N(CC(=O)OC(C)C)C2=O)cc(Br)c1OCc1ccc([N+](=O)[O-])cc1. The fourth-order valence-corrected chi connectivity index (χ4v) is 4.46. The minimum atomic E-state index is -0.664. The van der Waals surface area contributed by atoms with Crippen LogP contribution in [0.1, 0.15) is 25.0 Å². The van der Waals surface area contributed by atoms with Crippen LogP contribution in [0, 0.1) is 10.1 Å². The number of nitro groups is 1. The van der Waals surface area contributed by atoms with E-state index in [2.05, 4.69) is 15.9 Å². The van der Waals surface area contributed by atoms with E-state index in [9.17, 15) is 24.5 Å². The molecule has 2 amide bonds. The summed E-state index contributed by atoms with van der Waals surface area (Å²) in [6.07, 6.45) is 1.16. The van der Waals surface area contributed by atoms with Crippen molar-refractivity contribution in [2.75, 3.05) is 13.7 Å². The third kappa shape index (κ3) is 6.61. The number of non-ortho nitro benzene ring substituents is 1. The van der Waals surface area contributed by atoms with Crippen molar-refractivity contribution >= 4 is 56.6 Å². The standard InChI is InChI=1S/C23H21BrN2O8S/c1-13(2)34-20(27)11-25-22(28)19(35-23(25)29)10-15-8-17(24)21(18(9-15)32-3)33-12-14-4-6-16(7-5-14)26(30)31/h4-10,13H,11-12H2,1-3H3/b19-10+. The van der Waals surface area contributed by atoms with Gasteiger partial charge in [0.05, 0.1) is 27.5 Å². The molecule has 0 radical (unpaired) electrons. The molecule has 0 N–H and O–H groups in total. The predicted molar refractivity (Wildman–Crippen MR) is 132 cm³/mol. The molecule has 0 atom stereocenters. The quantitative estimate of drug-likeness (QED) is 0.180. The van der Waals surface area contributed by atoms with Crippen LogP contribution >= 0.6 is 27.7 Å². The van der Waals surface area contributed by atoms with Crippen molar-refractivity contribution in [1.29, 1.82) is 0 Å². The van der Waals surface area contributed by atoms with Gasteiger partial charge in [0.2, 0.25) is 0 Å². The minimum Gasteiger partial charge on any atom is -0.493 e. The molecule has 1 saturated heterocycles. The summed E-state index contributed by atoms with van der Waals surface area (Å²) in [6, 6.07) is 9.30. The third-order valence-corrected chi connectivity index (χ3v) is 6.10. The van der Waals surface area contributed by atoms with Crippen LogP contribution in [0.2, 0.25) is 0 Å². The monoisotopic (exact) mass is 564 g/mol. The highest BCUT2D eigenvalue weighted by Crippen LogP contribution is 2.39.